The molecule has 0 aliphatic carbocycles. The second-order valence-electron chi connectivity index (χ2n) is 4.18. The van der Waals surface area contributed by atoms with Gasteiger partial charge in [-0.2, -0.15) is 0 Å². The van der Waals surface area contributed by atoms with Crippen LogP contribution in [0.4, 0.5) is 5.82 Å². The van der Waals surface area contributed by atoms with E-state index in [-0.39, 0.29) is 16.9 Å². The Morgan fingerprint density at radius 2 is 2.05 bits per heavy atom. The average Bonchev–Trinajstić information content (AvgIpc) is 2.41. The number of amides is 1. The van der Waals surface area contributed by atoms with Gasteiger partial charge in [0.1, 0.15) is 11.6 Å². The van der Waals surface area contributed by atoms with Crippen LogP contribution in [-0.4, -0.2) is 27.0 Å². The number of aromatic nitrogens is 2. The predicted octanol–water partition coefficient (Wildman–Crippen LogP) is 1.34. The summed E-state index contributed by atoms with van der Waals surface area (Å²) in [4.78, 5) is 19.5. The van der Waals surface area contributed by atoms with Crippen molar-refractivity contribution in [1.29, 1.82) is 0 Å². The highest BCUT2D eigenvalue weighted by molar-refractivity contribution is 6.28. The summed E-state index contributed by atoms with van der Waals surface area (Å²) in [7, 11) is 0. The summed E-state index contributed by atoms with van der Waals surface area (Å²) in [5, 5.41) is 11.8. The van der Waals surface area contributed by atoms with Crippen molar-refractivity contribution >= 4 is 23.3 Å². The fraction of sp³-hybridized carbons (Fsp3) is 0.154. The molecule has 1 heterocycles. The molecular weight excluding hydrogens is 280 g/mol. The third kappa shape index (κ3) is 3.91. The number of nitrogens with one attached hydrogen (secondary N) is 1. The lowest BCUT2D eigenvalue weighted by Gasteiger charge is -2.12. The minimum atomic E-state index is -0.728. The van der Waals surface area contributed by atoms with Crippen molar-refractivity contribution in [1.82, 2.24) is 9.97 Å². The highest BCUT2D eigenvalue weighted by Crippen LogP contribution is 2.12. The first-order chi connectivity index (χ1) is 9.54. The fourth-order valence-corrected chi connectivity index (χ4v) is 1.75. The number of anilines is 1. The topological polar surface area (TPSA) is 101 Å². The van der Waals surface area contributed by atoms with Crippen LogP contribution in [0, 0.1) is 0 Å². The minimum Gasteiger partial charge on any atom is -0.508 e. The molecule has 1 atom stereocenters. The summed E-state index contributed by atoms with van der Waals surface area (Å²) in [5.74, 6) is 0.103. The van der Waals surface area contributed by atoms with E-state index < -0.39 is 6.04 Å². The molecule has 1 aromatic heterocycles. The Morgan fingerprint density at radius 1 is 1.35 bits per heavy atom. The van der Waals surface area contributed by atoms with Gasteiger partial charge in [-0.15, -0.1) is 0 Å². The summed E-state index contributed by atoms with van der Waals surface area (Å²) >= 11 is 5.62. The third-order valence-electron chi connectivity index (χ3n) is 2.61. The van der Waals surface area contributed by atoms with Gasteiger partial charge in [0.15, 0.2) is 0 Å². The van der Waals surface area contributed by atoms with Gasteiger partial charge in [0.25, 0.3) is 0 Å². The fourth-order valence-electron chi connectivity index (χ4n) is 1.60. The van der Waals surface area contributed by atoms with Crippen LogP contribution in [0.3, 0.4) is 0 Å². The number of phenolic OH excluding ortho intramolecular Hbond substituents is 1. The number of carbonyl (C=O) groups is 1. The Hall–Kier alpha value is -2.18. The van der Waals surface area contributed by atoms with E-state index in [0.29, 0.717) is 12.2 Å². The molecule has 1 amide bonds. The highest BCUT2D eigenvalue weighted by Gasteiger charge is 2.15. The first kappa shape index (κ1) is 14.2. The van der Waals surface area contributed by atoms with Crippen molar-refractivity contribution in [2.75, 3.05) is 5.32 Å². The number of hydrogen-bond acceptors (Lipinski definition) is 5. The summed E-state index contributed by atoms with van der Waals surface area (Å²) in [6.45, 7) is 0. The van der Waals surface area contributed by atoms with Crippen LogP contribution in [0.15, 0.2) is 36.5 Å². The standard InChI is InChI=1S/C13H13ClN4O2/c14-13-16-6-5-11(18-13)17-12(20)10(15)7-8-1-3-9(19)4-2-8/h1-6,10,19H,7,15H2,(H,16,17,18,20)/t10-/m0/s1. The molecule has 0 spiro atoms. The van der Waals surface area contributed by atoms with E-state index in [4.69, 9.17) is 17.3 Å². The molecule has 0 saturated carbocycles. The van der Waals surface area contributed by atoms with Crippen LogP contribution in [0.1, 0.15) is 5.56 Å². The zero-order chi connectivity index (χ0) is 14.5. The van der Waals surface area contributed by atoms with Gasteiger partial charge in [-0.3, -0.25) is 4.79 Å². The average molecular weight is 293 g/mol. The Morgan fingerprint density at radius 3 is 2.70 bits per heavy atom. The first-order valence-electron chi connectivity index (χ1n) is 5.87. The van der Waals surface area contributed by atoms with Gasteiger partial charge in [0.05, 0.1) is 6.04 Å². The highest BCUT2D eigenvalue weighted by atomic mass is 35.5. The summed E-state index contributed by atoms with van der Waals surface area (Å²) in [6, 6.07) is 7.31. The molecule has 20 heavy (non-hydrogen) atoms. The molecule has 0 radical (unpaired) electrons. The molecular formula is C13H13ClN4O2. The quantitative estimate of drug-likeness (QED) is 0.738. The van der Waals surface area contributed by atoms with Crippen LogP contribution >= 0.6 is 11.6 Å². The Labute approximate surface area is 120 Å². The number of phenols is 1. The molecule has 0 aliphatic heterocycles. The molecule has 2 rings (SSSR count). The van der Waals surface area contributed by atoms with Gasteiger partial charge in [0.2, 0.25) is 11.2 Å². The number of nitrogens with two attached hydrogens (primary N) is 1. The number of halogens is 1. The van der Waals surface area contributed by atoms with Gasteiger partial charge in [-0.25, -0.2) is 9.97 Å². The van der Waals surface area contributed by atoms with E-state index >= 15 is 0 Å². The number of carbonyl (C=O) groups excluding carboxylic acids is 1. The molecule has 0 unspecified atom stereocenters. The second-order valence-corrected chi connectivity index (χ2v) is 4.52. The van der Waals surface area contributed by atoms with E-state index in [9.17, 15) is 9.90 Å². The number of rotatable bonds is 4. The van der Waals surface area contributed by atoms with Crippen molar-refractivity contribution in [3.05, 3.63) is 47.4 Å². The van der Waals surface area contributed by atoms with Crippen LogP contribution in [-0.2, 0) is 11.2 Å². The molecule has 7 heteroatoms. The maximum atomic E-state index is 11.9. The van der Waals surface area contributed by atoms with E-state index in [0.717, 1.165) is 5.56 Å². The van der Waals surface area contributed by atoms with Crippen molar-refractivity contribution in [3.8, 4) is 5.75 Å². The number of benzene rings is 1. The molecule has 104 valence electrons. The van der Waals surface area contributed by atoms with Gasteiger partial charge >= 0.3 is 0 Å². The van der Waals surface area contributed by atoms with E-state index in [1.165, 1.54) is 12.3 Å². The monoisotopic (exact) mass is 292 g/mol. The lowest BCUT2D eigenvalue weighted by molar-refractivity contribution is -0.117. The van der Waals surface area contributed by atoms with Gasteiger partial charge in [-0.1, -0.05) is 12.1 Å². The molecule has 2 aromatic rings. The number of nitrogens with zero attached hydrogens (tertiary/aromatic N) is 2. The first-order valence-corrected chi connectivity index (χ1v) is 6.25. The Kier molecular flexibility index (Phi) is 4.49. The molecule has 0 aliphatic rings. The van der Waals surface area contributed by atoms with Crippen molar-refractivity contribution in [2.45, 2.75) is 12.5 Å². The van der Waals surface area contributed by atoms with Crippen LogP contribution < -0.4 is 11.1 Å². The van der Waals surface area contributed by atoms with E-state index in [2.05, 4.69) is 15.3 Å². The smallest absolute Gasteiger partial charge is 0.242 e. The molecule has 0 bridgehead atoms. The van der Waals surface area contributed by atoms with Crippen LogP contribution in [0.2, 0.25) is 5.28 Å². The summed E-state index contributed by atoms with van der Waals surface area (Å²) in [6.07, 6.45) is 1.79. The van der Waals surface area contributed by atoms with Gasteiger partial charge in [0, 0.05) is 6.20 Å². The molecule has 1 aromatic carbocycles. The van der Waals surface area contributed by atoms with E-state index in [1.54, 1.807) is 24.3 Å². The summed E-state index contributed by atoms with van der Waals surface area (Å²) < 4.78 is 0. The molecule has 4 N–H and O–H groups in total. The molecule has 6 nitrogen and oxygen atoms in total. The third-order valence-corrected chi connectivity index (χ3v) is 2.79. The number of hydrogen-bond donors (Lipinski definition) is 3. The Bertz CT molecular complexity index is 604. The maximum Gasteiger partial charge on any atom is 0.242 e. The minimum absolute atomic E-state index is 0.0508. The van der Waals surface area contributed by atoms with Crippen LogP contribution in [0.5, 0.6) is 5.75 Å². The van der Waals surface area contributed by atoms with Crippen molar-refractivity contribution in [2.24, 2.45) is 5.73 Å². The van der Waals surface area contributed by atoms with E-state index in [1.807, 2.05) is 0 Å². The van der Waals surface area contributed by atoms with Crippen molar-refractivity contribution < 1.29 is 9.90 Å². The van der Waals surface area contributed by atoms with Crippen molar-refractivity contribution in [3.63, 3.8) is 0 Å². The lowest BCUT2D eigenvalue weighted by atomic mass is 10.1. The predicted molar refractivity (Wildman–Crippen MR) is 75.5 cm³/mol. The second kappa shape index (κ2) is 6.31. The summed E-state index contributed by atoms with van der Waals surface area (Å²) in [5.41, 5.74) is 6.68. The zero-order valence-corrected chi connectivity index (χ0v) is 11.2. The SMILES string of the molecule is N[C@@H](Cc1ccc(O)cc1)C(=O)Nc1ccnc(Cl)n1. The largest absolute Gasteiger partial charge is 0.508 e. The Balaban J connectivity index is 1.96. The van der Waals surface area contributed by atoms with Gasteiger partial charge in [-0.05, 0) is 41.8 Å². The number of aromatic hydroxyl groups is 1. The maximum absolute atomic E-state index is 11.9. The zero-order valence-electron chi connectivity index (χ0n) is 10.5. The molecule has 0 saturated heterocycles. The van der Waals surface area contributed by atoms with Crippen LogP contribution in [0.25, 0.3) is 0 Å². The molecule has 0 fully saturated rings. The van der Waals surface area contributed by atoms with Gasteiger partial charge < -0.3 is 16.2 Å². The normalized spacial score (nSPS) is 11.9. The lowest BCUT2D eigenvalue weighted by Crippen LogP contribution is -2.37.